The summed E-state index contributed by atoms with van der Waals surface area (Å²) in [5.74, 6) is 1.12. The van der Waals surface area contributed by atoms with Crippen molar-refractivity contribution >= 4 is 17.5 Å². The molecule has 0 heterocycles. The van der Waals surface area contributed by atoms with Gasteiger partial charge in [0.2, 0.25) is 0 Å². The number of benzene rings is 1. The van der Waals surface area contributed by atoms with Gasteiger partial charge in [-0.3, -0.25) is 0 Å². The molecule has 0 saturated heterocycles. The first-order chi connectivity index (χ1) is 11.5. The summed E-state index contributed by atoms with van der Waals surface area (Å²) in [6.07, 6.45) is 9.56. The predicted molar refractivity (Wildman–Crippen MR) is 108 cm³/mol. The molecule has 0 N–H and O–H groups in total. The van der Waals surface area contributed by atoms with Crippen LogP contribution in [0.25, 0.3) is 0 Å². The van der Waals surface area contributed by atoms with Gasteiger partial charge in [0, 0.05) is 16.6 Å². The SMILES string of the molecule is C=C1CCCCC1C.CC(=O)CCCCC(C)Sc1ccccc1. The van der Waals surface area contributed by atoms with Crippen LogP contribution in [-0.4, -0.2) is 11.0 Å². The number of rotatable bonds is 7. The summed E-state index contributed by atoms with van der Waals surface area (Å²) in [4.78, 5) is 12.1. The minimum atomic E-state index is 0.309. The molecule has 0 spiro atoms. The molecule has 1 aromatic rings. The zero-order valence-electron chi connectivity index (χ0n) is 15.7. The average molecular weight is 347 g/mol. The second-order valence-corrected chi connectivity index (χ2v) is 8.51. The fraction of sp³-hybridized carbons (Fsp3) is 0.591. The molecule has 0 aliphatic heterocycles. The molecule has 2 rings (SSSR count). The summed E-state index contributed by atoms with van der Waals surface area (Å²) in [5.41, 5.74) is 1.47. The van der Waals surface area contributed by atoms with E-state index in [0.717, 1.165) is 25.2 Å². The molecule has 0 amide bonds. The molecule has 1 aromatic carbocycles. The van der Waals surface area contributed by atoms with Crippen LogP contribution < -0.4 is 0 Å². The third kappa shape index (κ3) is 9.97. The van der Waals surface area contributed by atoms with E-state index in [2.05, 4.69) is 44.7 Å². The Hall–Kier alpha value is -1.02. The first-order valence-corrected chi connectivity index (χ1v) is 10.3. The topological polar surface area (TPSA) is 17.1 Å². The van der Waals surface area contributed by atoms with E-state index in [-0.39, 0.29) is 0 Å². The molecule has 1 fully saturated rings. The van der Waals surface area contributed by atoms with E-state index in [4.69, 9.17) is 0 Å². The molecule has 1 nitrogen and oxygen atoms in total. The third-order valence-electron chi connectivity index (χ3n) is 4.55. The van der Waals surface area contributed by atoms with Crippen molar-refractivity contribution in [1.82, 2.24) is 0 Å². The first kappa shape index (κ1) is 21.0. The normalized spacial score (nSPS) is 18.5. The molecule has 134 valence electrons. The summed E-state index contributed by atoms with van der Waals surface area (Å²) in [6.45, 7) is 10.2. The van der Waals surface area contributed by atoms with Gasteiger partial charge >= 0.3 is 0 Å². The smallest absolute Gasteiger partial charge is 0.129 e. The van der Waals surface area contributed by atoms with Crippen molar-refractivity contribution in [1.29, 1.82) is 0 Å². The maximum absolute atomic E-state index is 10.8. The van der Waals surface area contributed by atoms with Crippen LogP contribution in [0.4, 0.5) is 0 Å². The Morgan fingerprint density at radius 3 is 2.50 bits per heavy atom. The molecule has 2 unspecified atom stereocenters. The van der Waals surface area contributed by atoms with Crippen LogP contribution in [0.2, 0.25) is 0 Å². The quantitative estimate of drug-likeness (QED) is 0.298. The summed E-state index contributed by atoms with van der Waals surface area (Å²) < 4.78 is 0. The zero-order chi connectivity index (χ0) is 17.8. The van der Waals surface area contributed by atoms with Crippen molar-refractivity contribution in [2.24, 2.45) is 5.92 Å². The Bertz CT molecular complexity index is 480. The zero-order valence-corrected chi connectivity index (χ0v) is 16.5. The van der Waals surface area contributed by atoms with Gasteiger partial charge in [-0.15, -0.1) is 11.8 Å². The maximum Gasteiger partial charge on any atom is 0.129 e. The van der Waals surface area contributed by atoms with Gasteiger partial charge in [-0.05, 0) is 57.1 Å². The Morgan fingerprint density at radius 1 is 1.25 bits per heavy atom. The minimum absolute atomic E-state index is 0.309. The molecule has 0 bridgehead atoms. The van der Waals surface area contributed by atoms with E-state index in [1.807, 2.05) is 17.8 Å². The van der Waals surface area contributed by atoms with Crippen LogP contribution in [0, 0.1) is 5.92 Å². The number of carbonyl (C=O) groups excluding carboxylic acids is 1. The van der Waals surface area contributed by atoms with Crippen molar-refractivity contribution in [3.05, 3.63) is 42.5 Å². The van der Waals surface area contributed by atoms with E-state index in [9.17, 15) is 4.79 Å². The van der Waals surface area contributed by atoms with Gasteiger partial charge in [0.1, 0.15) is 5.78 Å². The van der Waals surface area contributed by atoms with Crippen molar-refractivity contribution in [2.75, 3.05) is 0 Å². The summed E-state index contributed by atoms with van der Waals surface area (Å²) in [6, 6.07) is 10.5. The van der Waals surface area contributed by atoms with Crippen molar-refractivity contribution in [3.63, 3.8) is 0 Å². The van der Waals surface area contributed by atoms with Crippen molar-refractivity contribution in [2.45, 2.75) is 82.3 Å². The van der Waals surface area contributed by atoms with Gasteiger partial charge < -0.3 is 4.79 Å². The molecule has 2 heteroatoms. The minimum Gasteiger partial charge on any atom is -0.300 e. The Balaban J connectivity index is 0.000000300. The molecular weight excluding hydrogens is 312 g/mol. The molecule has 2 atom stereocenters. The number of carbonyl (C=O) groups is 1. The van der Waals surface area contributed by atoms with Crippen molar-refractivity contribution in [3.8, 4) is 0 Å². The standard InChI is InChI=1S/C14H20OS.C8H14/c1-12(15)8-6-7-9-13(2)16-14-10-4-3-5-11-14;1-7-5-3-4-6-8(7)2/h3-5,10-11,13H,6-9H2,1-2H3;8H,1,3-6H2,2H3. The lowest BCUT2D eigenvalue weighted by atomic mass is 9.87. The molecule has 1 aliphatic carbocycles. The second-order valence-electron chi connectivity index (χ2n) is 6.99. The maximum atomic E-state index is 10.8. The van der Waals surface area contributed by atoms with Crippen LogP contribution >= 0.6 is 11.8 Å². The number of unbranched alkanes of at least 4 members (excludes halogenated alkanes) is 1. The predicted octanol–water partition coefficient (Wildman–Crippen LogP) is 7.07. The number of ketones is 1. The molecule has 1 aliphatic rings. The number of Topliss-reactive ketones (excluding diaryl/α,β-unsaturated/α-hetero) is 1. The van der Waals surface area contributed by atoms with Crippen LogP contribution in [0.3, 0.4) is 0 Å². The third-order valence-corrected chi connectivity index (χ3v) is 5.73. The van der Waals surface area contributed by atoms with Crippen LogP contribution in [0.1, 0.15) is 72.1 Å². The molecule has 0 aromatic heterocycles. The lowest BCUT2D eigenvalue weighted by Gasteiger charge is -2.19. The number of hydrogen-bond acceptors (Lipinski definition) is 2. The number of allylic oxidation sites excluding steroid dienone is 1. The van der Waals surface area contributed by atoms with Crippen molar-refractivity contribution < 1.29 is 4.79 Å². The highest BCUT2D eigenvalue weighted by molar-refractivity contribution is 7.99. The van der Waals surface area contributed by atoms with E-state index in [1.54, 1.807) is 6.92 Å². The molecule has 1 saturated carbocycles. The van der Waals surface area contributed by atoms with Gasteiger partial charge in [0.25, 0.3) is 0 Å². The van der Waals surface area contributed by atoms with Crippen LogP contribution in [-0.2, 0) is 4.79 Å². The summed E-state index contributed by atoms with van der Waals surface area (Å²) in [7, 11) is 0. The number of thioether (sulfide) groups is 1. The van der Waals surface area contributed by atoms with E-state index in [0.29, 0.717) is 11.0 Å². The monoisotopic (exact) mass is 346 g/mol. The highest BCUT2D eigenvalue weighted by Gasteiger charge is 2.10. The highest BCUT2D eigenvalue weighted by Crippen LogP contribution is 2.27. The van der Waals surface area contributed by atoms with Gasteiger partial charge in [0.15, 0.2) is 0 Å². The first-order valence-electron chi connectivity index (χ1n) is 9.38. The van der Waals surface area contributed by atoms with Gasteiger partial charge in [0.05, 0.1) is 0 Å². The fourth-order valence-corrected chi connectivity index (χ4v) is 3.91. The van der Waals surface area contributed by atoms with Crippen LogP contribution in [0.15, 0.2) is 47.4 Å². The largest absolute Gasteiger partial charge is 0.300 e. The van der Waals surface area contributed by atoms with Gasteiger partial charge in [-0.25, -0.2) is 0 Å². The molecule has 24 heavy (non-hydrogen) atoms. The Kier molecular flexibility index (Phi) is 10.8. The average Bonchev–Trinajstić information content (AvgIpc) is 2.56. The highest BCUT2D eigenvalue weighted by atomic mass is 32.2. The Morgan fingerprint density at radius 2 is 1.96 bits per heavy atom. The summed E-state index contributed by atoms with van der Waals surface area (Å²) in [5, 5.41) is 0.634. The fourth-order valence-electron chi connectivity index (χ4n) is 2.85. The van der Waals surface area contributed by atoms with Crippen LogP contribution in [0.5, 0.6) is 0 Å². The number of hydrogen-bond donors (Lipinski definition) is 0. The van der Waals surface area contributed by atoms with E-state index < -0.39 is 0 Å². The van der Waals surface area contributed by atoms with Gasteiger partial charge in [-0.2, -0.15) is 0 Å². The Labute approximate surface area is 153 Å². The second kappa shape index (κ2) is 12.4. The molecule has 0 radical (unpaired) electrons. The summed E-state index contributed by atoms with van der Waals surface area (Å²) >= 11 is 1.92. The van der Waals surface area contributed by atoms with E-state index >= 15 is 0 Å². The van der Waals surface area contributed by atoms with Gasteiger partial charge in [-0.1, -0.05) is 57.0 Å². The lowest BCUT2D eigenvalue weighted by molar-refractivity contribution is -0.117. The lowest BCUT2D eigenvalue weighted by Crippen LogP contribution is -2.03. The molecular formula is C22H34OS. The van der Waals surface area contributed by atoms with E-state index in [1.165, 1.54) is 42.6 Å².